The predicted molar refractivity (Wildman–Crippen MR) is 135 cm³/mol. The first kappa shape index (κ1) is 26.3. The van der Waals surface area contributed by atoms with Crippen molar-refractivity contribution >= 4 is 18.0 Å². The number of hydrogen-bond donors (Lipinski definition) is 3. The highest BCUT2D eigenvalue weighted by Gasteiger charge is 2.37. The number of nitrogens with one attached hydrogen (secondary N) is 2. The lowest BCUT2D eigenvalue weighted by Crippen LogP contribution is -2.55. The van der Waals surface area contributed by atoms with Crippen molar-refractivity contribution in [3.63, 3.8) is 0 Å². The molecule has 188 valence electrons. The number of fused-ring (bicyclic) bond motifs is 3. The Hall–Kier alpha value is -3.35. The first-order valence-electron chi connectivity index (χ1n) is 12.1. The van der Waals surface area contributed by atoms with Gasteiger partial charge in [0, 0.05) is 12.0 Å². The van der Waals surface area contributed by atoms with Gasteiger partial charge >= 0.3 is 12.1 Å². The lowest BCUT2D eigenvalue weighted by Gasteiger charge is -2.32. The minimum atomic E-state index is -1.09. The van der Waals surface area contributed by atoms with E-state index in [9.17, 15) is 19.5 Å². The lowest BCUT2D eigenvalue weighted by molar-refractivity contribution is -0.146. The van der Waals surface area contributed by atoms with Gasteiger partial charge in [-0.25, -0.2) is 9.59 Å². The van der Waals surface area contributed by atoms with Crippen molar-refractivity contribution in [1.82, 2.24) is 10.6 Å². The summed E-state index contributed by atoms with van der Waals surface area (Å²) in [5, 5.41) is 15.0. The van der Waals surface area contributed by atoms with Crippen LogP contribution in [0.25, 0.3) is 11.1 Å². The Balaban J connectivity index is 1.66. The highest BCUT2D eigenvalue weighted by Crippen LogP contribution is 2.44. The molecule has 1 aliphatic carbocycles. The molecule has 3 rings (SSSR count). The molecule has 7 nitrogen and oxygen atoms in total. The molecule has 3 atom stereocenters. The fourth-order valence-corrected chi connectivity index (χ4v) is 4.91. The van der Waals surface area contributed by atoms with Crippen LogP contribution in [0.3, 0.4) is 0 Å². The maximum absolute atomic E-state index is 13.0. The van der Waals surface area contributed by atoms with Gasteiger partial charge in [0.1, 0.15) is 12.6 Å². The zero-order valence-corrected chi connectivity index (χ0v) is 21.3. The van der Waals surface area contributed by atoms with Crippen LogP contribution in [0.15, 0.2) is 48.5 Å². The summed E-state index contributed by atoms with van der Waals surface area (Å²) in [5.74, 6) is -2.32. The molecule has 3 N–H and O–H groups in total. The van der Waals surface area contributed by atoms with Crippen molar-refractivity contribution in [2.45, 2.75) is 59.5 Å². The third-order valence-electron chi connectivity index (χ3n) is 6.65. The van der Waals surface area contributed by atoms with Crippen molar-refractivity contribution in [3.05, 3.63) is 59.7 Å². The van der Waals surface area contributed by atoms with E-state index in [1.165, 1.54) is 0 Å². The molecule has 0 saturated carbocycles. The molecule has 35 heavy (non-hydrogen) atoms. The van der Waals surface area contributed by atoms with E-state index in [4.69, 9.17) is 4.74 Å². The predicted octanol–water partition coefficient (Wildman–Crippen LogP) is 4.80. The second-order valence-corrected chi connectivity index (χ2v) is 10.7. The number of ether oxygens (including phenoxy) is 1. The average Bonchev–Trinajstić information content (AvgIpc) is 3.08. The molecule has 2 aromatic carbocycles. The fraction of sp³-hybridized carbons (Fsp3) is 0.464. The second-order valence-electron chi connectivity index (χ2n) is 10.7. The Kier molecular flexibility index (Phi) is 7.88. The van der Waals surface area contributed by atoms with Crippen LogP contribution in [0.4, 0.5) is 4.79 Å². The summed E-state index contributed by atoms with van der Waals surface area (Å²) < 4.78 is 5.62. The third-order valence-corrected chi connectivity index (χ3v) is 6.65. The summed E-state index contributed by atoms with van der Waals surface area (Å²) in [7, 11) is 0. The van der Waals surface area contributed by atoms with Gasteiger partial charge < -0.3 is 20.5 Å². The van der Waals surface area contributed by atoms with Crippen LogP contribution in [0.2, 0.25) is 0 Å². The Morgan fingerprint density at radius 2 is 1.43 bits per heavy atom. The summed E-state index contributed by atoms with van der Waals surface area (Å²) in [6, 6.07) is 14.6. The minimum absolute atomic E-state index is 0.0595. The number of carboxylic acids is 1. The van der Waals surface area contributed by atoms with Gasteiger partial charge in [-0.3, -0.25) is 4.79 Å². The van der Waals surface area contributed by atoms with Crippen LogP contribution in [-0.4, -0.2) is 41.8 Å². The molecular weight excluding hydrogens is 444 g/mol. The molecule has 0 radical (unpaired) electrons. The Labute approximate surface area is 207 Å². The molecule has 7 heteroatoms. The van der Waals surface area contributed by atoms with Crippen LogP contribution in [-0.2, 0) is 14.3 Å². The normalized spacial score (nSPS) is 15.5. The Bertz CT molecular complexity index is 1040. The minimum Gasteiger partial charge on any atom is -0.480 e. The van der Waals surface area contributed by atoms with Gasteiger partial charge in [0.25, 0.3) is 0 Å². The molecule has 2 aromatic rings. The molecule has 2 unspecified atom stereocenters. The van der Waals surface area contributed by atoms with E-state index in [2.05, 4.69) is 34.9 Å². The Morgan fingerprint density at radius 1 is 0.914 bits per heavy atom. The number of rotatable bonds is 8. The maximum Gasteiger partial charge on any atom is 0.407 e. The zero-order chi connectivity index (χ0) is 25.9. The van der Waals surface area contributed by atoms with Gasteiger partial charge in [-0.05, 0) is 40.5 Å². The van der Waals surface area contributed by atoms with Crippen LogP contribution in [0.5, 0.6) is 0 Å². The van der Waals surface area contributed by atoms with Gasteiger partial charge in [-0.15, -0.1) is 0 Å². The Morgan fingerprint density at radius 3 is 1.89 bits per heavy atom. The van der Waals surface area contributed by atoms with Gasteiger partial charge in [0.05, 0.1) is 5.92 Å². The van der Waals surface area contributed by atoms with Gasteiger partial charge in [-0.2, -0.15) is 0 Å². The number of hydrogen-bond acceptors (Lipinski definition) is 4. The smallest absolute Gasteiger partial charge is 0.407 e. The molecule has 0 aromatic heterocycles. The maximum atomic E-state index is 13.0. The number of carbonyl (C=O) groups excluding carboxylic acids is 2. The molecule has 1 aliphatic rings. The van der Waals surface area contributed by atoms with Crippen molar-refractivity contribution in [2.24, 2.45) is 17.3 Å². The summed E-state index contributed by atoms with van der Waals surface area (Å²) >= 11 is 0. The fourth-order valence-electron chi connectivity index (χ4n) is 4.91. The monoisotopic (exact) mass is 480 g/mol. The van der Waals surface area contributed by atoms with Crippen molar-refractivity contribution in [2.75, 3.05) is 6.61 Å². The van der Waals surface area contributed by atoms with Crippen molar-refractivity contribution in [3.8, 4) is 11.1 Å². The summed E-state index contributed by atoms with van der Waals surface area (Å²) in [6.07, 6.45) is -0.608. The standard InChI is InChI=1S/C28H36N2O5/c1-16(2)23(25(31)30-24(26(32)33)28(4,5)6)17(3)29-27(34)35-15-22-20-13-9-7-11-18(20)19-12-8-10-14-21(19)22/h7-14,16-17,22-24H,15H2,1-6H3,(H,29,34)(H,30,31)(H,32,33)/t17?,23?,24-/m0/s1. The summed E-state index contributed by atoms with van der Waals surface area (Å²) in [5.41, 5.74) is 3.88. The highest BCUT2D eigenvalue weighted by molar-refractivity contribution is 5.86. The lowest BCUT2D eigenvalue weighted by atomic mass is 9.84. The van der Waals surface area contributed by atoms with Crippen LogP contribution < -0.4 is 10.6 Å². The van der Waals surface area contributed by atoms with Gasteiger partial charge in [0.2, 0.25) is 5.91 Å². The van der Waals surface area contributed by atoms with Crippen molar-refractivity contribution in [1.29, 1.82) is 0 Å². The molecule has 0 saturated heterocycles. The number of alkyl carbamates (subject to hydrolysis) is 1. The van der Waals surface area contributed by atoms with Gasteiger partial charge in [0.15, 0.2) is 0 Å². The van der Waals surface area contributed by atoms with Gasteiger partial charge in [-0.1, -0.05) is 83.1 Å². The van der Waals surface area contributed by atoms with E-state index in [-0.39, 0.29) is 18.4 Å². The molecule has 0 aliphatic heterocycles. The SMILES string of the molecule is CC(C)C(C(=O)N[C@@H](C(=O)O)C(C)(C)C)C(C)NC(=O)OCC1c2ccccc2-c2ccccc21. The number of carbonyl (C=O) groups is 3. The molecular formula is C28H36N2O5. The summed E-state index contributed by atoms with van der Waals surface area (Å²) in [6.45, 7) is 10.9. The van der Waals surface area contributed by atoms with Crippen LogP contribution in [0, 0.1) is 17.3 Å². The number of carboxylic acid groups (broad SMARTS) is 1. The first-order chi connectivity index (χ1) is 16.4. The summed E-state index contributed by atoms with van der Waals surface area (Å²) in [4.78, 5) is 37.5. The van der Waals surface area contributed by atoms with E-state index in [0.717, 1.165) is 22.3 Å². The number of amides is 2. The van der Waals surface area contributed by atoms with E-state index in [1.54, 1.807) is 27.7 Å². The number of benzene rings is 2. The topological polar surface area (TPSA) is 105 Å². The van der Waals surface area contributed by atoms with Crippen molar-refractivity contribution < 1.29 is 24.2 Å². The molecule has 0 spiro atoms. The molecule has 0 fully saturated rings. The first-order valence-corrected chi connectivity index (χ1v) is 12.1. The third kappa shape index (κ3) is 5.84. The number of aliphatic carboxylic acids is 1. The molecule has 2 amide bonds. The average molecular weight is 481 g/mol. The quantitative estimate of drug-likeness (QED) is 0.503. The van der Waals surface area contributed by atoms with E-state index in [1.807, 2.05) is 38.1 Å². The van der Waals surface area contributed by atoms with E-state index < -0.39 is 41.4 Å². The van der Waals surface area contributed by atoms with Crippen LogP contribution >= 0.6 is 0 Å². The molecule has 0 heterocycles. The second kappa shape index (κ2) is 10.5. The van der Waals surface area contributed by atoms with E-state index in [0.29, 0.717) is 0 Å². The van der Waals surface area contributed by atoms with Crippen LogP contribution in [0.1, 0.15) is 58.6 Å². The van der Waals surface area contributed by atoms with E-state index >= 15 is 0 Å². The molecule has 0 bridgehead atoms. The highest BCUT2D eigenvalue weighted by atomic mass is 16.5. The zero-order valence-electron chi connectivity index (χ0n) is 21.3. The largest absolute Gasteiger partial charge is 0.480 e.